The Bertz CT molecular complexity index is 576. The van der Waals surface area contributed by atoms with Gasteiger partial charge in [0.2, 0.25) is 0 Å². The summed E-state index contributed by atoms with van der Waals surface area (Å²) in [6.07, 6.45) is 2.77. The van der Waals surface area contributed by atoms with Crippen LogP contribution in [-0.2, 0) is 0 Å². The molecule has 86 valence electrons. The average Bonchev–Trinajstić information content (AvgIpc) is 2.32. The van der Waals surface area contributed by atoms with Gasteiger partial charge in [0.05, 0.1) is 5.69 Å². The summed E-state index contributed by atoms with van der Waals surface area (Å²) in [7, 11) is 0. The summed E-state index contributed by atoms with van der Waals surface area (Å²) in [5, 5.41) is 0. The first-order valence-corrected chi connectivity index (χ1v) is 5.16. The Morgan fingerprint density at radius 2 is 1.94 bits per heavy atom. The fourth-order valence-corrected chi connectivity index (χ4v) is 1.61. The Hall–Kier alpha value is -2.03. The van der Waals surface area contributed by atoms with Crippen LogP contribution in [0, 0.1) is 18.6 Å². The highest BCUT2D eigenvalue weighted by Gasteiger charge is 2.08. The Morgan fingerprint density at radius 3 is 2.59 bits per heavy atom. The number of nitrogens with zero attached hydrogens (tertiary/aromatic N) is 1. The maximum Gasteiger partial charge on any atom is 0.149 e. The summed E-state index contributed by atoms with van der Waals surface area (Å²) in [6.45, 7) is 5.30. The summed E-state index contributed by atoms with van der Waals surface area (Å²) in [4.78, 5) is 3.88. The van der Waals surface area contributed by atoms with Crippen LogP contribution < -0.4 is 0 Å². The van der Waals surface area contributed by atoms with E-state index >= 15 is 0 Å². The van der Waals surface area contributed by atoms with Gasteiger partial charge in [-0.1, -0.05) is 18.2 Å². The minimum Gasteiger partial charge on any atom is -0.253 e. The number of hydrogen-bond acceptors (Lipinski definition) is 1. The molecule has 2 rings (SSSR count). The van der Waals surface area contributed by atoms with Crippen molar-refractivity contribution in [1.29, 1.82) is 0 Å². The molecule has 1 heterocycles. The molecule has 0 unspecified atom stereocenters. The van der Waals surface area contributed by atoms with Gasteiger partial charge in [0.15, 0.2) is 0 Å². The third kappa shape index (κ3) is 2.23. The number of benzene rings is 1. The number of hydrogen-bond donors (Lipinski definition) is 0. The molecule has 0 atom stereocenters. The van der Waals surface area contributed by atoms with Gasteiger partial charge < -0.3 is 0 Å². The number of halogens is 2. The highest BCUT2D eigenvalue weighted by molar-refractivity contribution is 5.65. The molecule has 1 aromatic carbocycles. The van der Waals surface area contributed by atoms with E-state index in [1.807, 2.05) is 6.92 Å². The largest absolute Gasteiger partial charge is 0.253 e. The van der Waals surface area contributed by atoms with Gasteiger partial charge in [-0.3, -0.25) is 4.98 Å². The van der Waals surface area contributed by atoms with Gasteiger partial charge in [-0.2, -0.15) is 0 Å². The van der Waals surface area contributed by atoms with Crippen LogP contribution in [0.5, 0.6) is 0 Å². The van der Waals surface area contributed by atoms with E-state index in [-0.39, 0.29) is 11.5 Å². The van der Waals surface area contributed by atoms with Crippen molar-refractivity contribution >= 4 is 6.08 Å². The van der Waals surface area contributed by atoms with E-state index in [0.717, 1.165) is 5.56 Å². The highest BCUT2D eigenvalue weighted by Crippen LogP contribution is 2.24. The standard InChI is InChI=1S/C14H11F2N/c1-3-14-13(16)7-10(8-17-14)11-6-9(2)4-5-12(11)15/h3-8H,1H2,2H3. The fourth-order valence-electron chi connectivity index (χ4n) is 1.61. The van der Waals surface area contributed by atoms with Crippen LogP contribution in [0.25, 0.3) is 17.2 Å². The maximum absolute atomic E-state index is 13.6. The van der Waals surface area contributed by atoms with E-state index < -0.39 is 5.82 Å². The molecule has 0 N–H and O–H groups in total. The van der Waals surface area contributed by atoms with Crippen molar-refractivity contribution in [2.45, 2.75) is 6.92 Å². The van der Waals surface area contributed by atoms with Crippen molar-refractivity contribution in [2.24, 2.45) is 0 Å². The van der Waals surface area contributed by atoms with Crippen molar-refractivity contribution in [2.75, 3.05) is 0 Å². The number of pyridine rings is 1. The minimum absolute atomic E-state index is 0.168. The predicted octanol–water partition coefficient (Wildman–Crippen LogP) is 3.98. The van der Waals surface area contributed by atoms with E-state index in [1.165, 1.54) is 24.4 Å². The fraction of sp³-hybridized carbons (Fsp3) is 0.0714. The first-order chi connectivity index (χ1) is 8.11. The SMILES string of the molecule is C=Cc1ncc(-c2cc(C)ccc2F)cc1F. The molecule has 0 fully saturated rings. The zero-order chi connectivity index (χ0) is 12.4. The molecule has 0 aliphatic rings. The summed E-state index contributed by atoms with van der Waals surface area (Å²) in [5.41, 5.74) is 1.86. The topological polar surface area (TPSA) is 12.9 Å². The second-order valence-electron chi connectivity index (χ2n) is 3.78. The van der Waals surface area contributed by atoms with Crippen molar-refractivity contribution in [3.8, 4) is 11.1 Å². The molecule has 17 heavy (non-hydrogen) atoms. The van der Waals surface area contributed by atoms with E-state index in [9.17, 15) is 8.78 Å². The van der Waals surface area contributed by atoms with E-state index in [2.05, 4.69) is 11.6 Å². The van der Waals surface area contributed by atoms with Crippen LogP contribution in [0.2, 0.25) is 0 Å². The maximum atomic E-state index is 13.6. The molecule has 0 aliphatic carbocycles. The lowest BCUT2D eigenvalue weighted by molar-refractivity contribution is 0.616. The van der Waals surface area contributed by atoms with Crippen LogP contribution in [0.1, 0.15) is 11.3 Å². The number of rotatable bonds is 2. The Kier molecular flexibility index (Phi) is 3.00. The molecule has 3 heteroatoms. The van der Waals surface area contributed by atoms with Crippen LogP contribution in [0.4, 0.5) is 8.78 Å². The molecule has 0 spiro atoms. The van der Waals surface area contributed by atoms with Crippen LogP contribution in [0.3, 0.4) is 0 Å². The van der Waals surface area contributed by atoms with Gasteiger partial charge in [-0.25, -0.2) is 8.78 Å². The zero-order valence-electron chi connectivity index (χ0n) is 9.37. The van der Waals surface area contributed by atoms with Gasteiger partial charge in [-0.05, 0) is 31.2 Å². The summed E-state index contributed by atoms with van der Waals surface area (Å²) in [5.74, 6) is -0.887. The van der Waals surface area contributed by atoms with Crippen molar-refractivity contribution in [1.82, 2.24) is 4.98 Å². The van der Waals surface area contributed by atoms with Crippen molar-refractivity contribution < 1.29 is 8.78 Å². The number of aryl methyl sites for hydroxylation is 1. The molecule has 0 saturated carbocycles. The van der Waals surface area contributed by atoms with Gasteiger partial charge in [0, 0.05) is 17.3 Å². The lowest BCUT2D eigenvalue weighted by Crippen LogP contribution is -1.92. The summed E-state index contributed by atoms with van der Waals surface area (Å²) >= 11 is 0. The molecule has 2 aromatic rings. The Balaban J connectivity index is 2.57. The summed E-state index contributed by atoms with van der Waals surface area (Å²) in [6, 6.07) is 5.96. The third-order valence-corrected chi connectivity index (χ3v) is 2.50. The molecule has 0 radical (unpaired) electrons. The minimum atomic E-state index is -0.501. The first-order valence-electron chi connectivity index (χ1n) is 5.16. The quantitative estimate of drug-likeness (QED) is 0.761. The smallest absolute Gasteiger partial charge is 0.149 e. The van der Waals surface area contributed by atoms with E-state index in [1.54, 1.807) is 12.1 Å². The Morgan fingerprint density at radius 1 is 1.18 bits per heavy atom. The van der Waals surface area contributed by atoms with Gasteiger partial charge in [0.25, 0.3) is 0 Å². The van der Waals surface area contributed by atoms with Gasteiger partial charge in [0.1, 0.15) is 11.6 Å². The normalized spacial score (nSPS) is 10.3. The highest BCUT2D eigenvalue weighted by atomic mass is 19.1. The molecule has 1 aromatic heterocycles. The predicted molar refractivity (Wildman–Crippen MR) is 64.4 cm³/mol. The monoisotopic (exact) mass is 231 g/mol. The van der Waals surface area contributed by atoms with Crippen LogP contribution >= 0.6 is 0 Å². The second kappa shape index (κ2) is 4.45. The average molecular weight is 231 g/mol. The number of aromatic nitrogens is 1. The van der Waals surface area contributed by atoms with Crippen LogP contribution in [-0.4, -0.2) is 4.98 Å². The molecular weight excluding hydrogens is 220 g/mol. The lowest BCUT2D eigenvalue weighted by atomic mass is 10.0. The van der Waals surface area contributed by atoms with E-state index in [4.69, 9.17) is 0 Å². The molecule has 0 saturated heterocycles. The van der Waals surface area contributed by atoms with Gasteiger partial charge >= 0.3 is 0 Å². The summed E-state index contributed by atoms with van der Waals surface area (Å²) < 4.78 is 27.1. The molecule has 0 amide bonds. The third-order valence-electron chi connectivity index (χ3n) is 2.50. The molecular formula is C14H11F2N. The zero-order valence-corrected chi connectivity index (χ0v) is 9.37. The second-order valence-corrected chi connectivity index (χ2v) is 3.78. The first kappa shape index (κ1) is 11.5. The molecule has 0 aliphatic heterocycles. The van der Waals surface area contributed by atoms with E-state index in [0.29, 0.717) is 11.1 Å². The molecule has 0 bridgehead atoms. The Labute approximate surface area is 98.4 Å². The van der Waals surface area contributed by atoms with Gasteiger partial charge in [-0.15, -0.1) is 0 Å². The van der Waals surface area contributed by atoms with Crippen LogP contribution in [0.15, 0.2) is 37.0 Å². The van der Waals surface area contributed by atoms with Crippen molar-refractivity contribution in [3.05, 3.63) is 59.9 Å². The van der Waals surface area contributed by atoms with Crippen molar-refractivity contribution in [3.63, 3.8) is 0 Å². The molecule has 1 nitrogen and oxygen atoms in total. The lowest BCUT2D eigenvalue weighted by Gasteiger charge is -2.05.